The zero-order valence-electron chi connectivity index (χ0n) is 13.8. The number of nitrogens with one attached hydrogen (secondary N) is 1. The minimum atomic E-state index is -0.511. The standard InChI is InChI=1S/C18H22N2O2S/c1-5-6-9-22-14(4)17(21)20-18-19-16(11-23-18)15-8-7-12(2)10-13(15)3/h5,7-8,10-11,14H,1,6,9H2,2-4H3,(H,19,20,21)/t14-/m1/s1. The molecule has 0 bridgehead atoms. The van der Waals surface area contributed by atoms with Crippen LogP contribution in [0.15, 0.2) is 36.2 Å². The highest BCUT2D eigenvalue weighted by Crippen LogP contribution is 2.28. The van der Waals surface area contributed by atoms with Crippen LogP contribution in [0.25, 0.3) is 11.3 Å². The van der Waals surface area contributed by atoms with E-state index >= 15 is 0 Å². The van der Waals surface area contributed by atoms with Gasteiger partial charge in [0.25, 0.3) is 5.91 Å². The van der Waals surface area contributed by atoms with Crippen LogP contribution in [0.5, 0.6) is 0 Å². The number of aryl methyl sites for hydroxylation is 2. The van der Waals surface area contributed by atoms with Gasteiger partial charge >= 0.3 is 0 Å². The van der Waals surface area contributed by atoms with Gasteiger partial charge in [-0.1, -0.05) is 29.8 Å². The molecule has 0 aliphatic heterocycles. The van der Waals surface area contributed by atoms with Crippen molar-refractivity contribution in [3.8, 4) is 11.3 Å². The third-order valence-electron chi connectivity index (χ3n) is 3.45. The van der Waals surface area contributed by atoms with Crippen LogP contribution in [0.4, 0.5) is 5.13 Å². The lowest BCUT2D eigenvalue weighted by atomic mass is 10.0. The number of anilines is 1. The van der Waals surface area contributed by atoms with Gasteiger partial charge < -0.3 is 4.74 Å². The number of rotatable bonds is 7. The van der Waals surface area contributed by atoms with Crippen molar-refractivity contribution in [3.63, 3.8) is 0 Å². The Morgan fingerprint density at radius 3 is 2.96 bits per heavy atom. The van der Waals surface area contributed by atoms with Crippen molar-refractivity contribution in [1.82, 2.24) is 4.98 Å². The molecule has 0 aliphatic rings. The van der Waals surface area contributed by atoms with Crippen LogP contribution in [0.3, 0.4) is 0 Å². The maximum Gasteiger partial charge on any atom is 0.254 e. The molecule has 0 saturated heterocycles. The third kappa shape index (κ3) is 4.74. The average Bonchev–Trinajstić information content (AvgIpc) is 2.95. The van der Waals surface area contributed by atoms with Gasteiger partial charge in [0.2, 0.25) is 0 Å². The molecule has 1 heterocycles. The smallest absolute Gasteiger partial charge is 0.254 e. The number of benzene rings is 1. The Bertz CT molecular complexity index is 694. The van der Waals surface area contributed by atoms with E-state index in [1.165, 1.54) is 22.5 Å². The van der Waals surface area contributed by atoms with E-state index in [1.54, 1.807) is 13.0 Å². The van der Waals surface area contributed by atoms with E-state index in [0.717, 1.165) is 17.7 Å². The van der Waals surface area contributed by atoms with Crippen LogP contribution in [-0.4, -0.2) is 23.6 Å². The lowest BCUT2D eigenvalue weighted by Crippen LogP contribution is -2.27. The molecule has 4 nitrogen and oxygen atoms in total. The molecule has 122 valence electrons. The number of hydrogen-bond donors (Lipinski definition) is 1. The van der Waals surface area contributed by atoms with Gasteiger partial charge in [0.1, 0.15) is 6.10 Å². The highest BCUT2D eigenvalue weighted by atomic mass is 32.1. The number of ether oxygens (including phenoxy) is 1. The topological polar surface area (TPSA) is 51.2 Å². The quantitative estimate of drug-likeness (QED) is 0.606. The van der Waals surface area contributed by atoms with Gasteiger partial charge in [-0.05, 0) is 32.8 Å². The van der Waals surface area contributed by atoms with E-state index in [1.807, 2.05) is 5.38 Å². The van der Waals surface area contributed by atoms with E-state index in [9.17, 15) is 4.79 Å². The molecule has 1 amide bonds. The highest BCUT2D eigenvalue weighted by molar-refractivity contribution is 7.14. The minimum absolute atomic E-state index is 0.185. The first-order valence-electron chi connectivity index (χ1n) is 7.57. The van der Waals surface area contributed by atoms with Crippen molar-refractivity contribution in [2.24, 2.45) is 0 Å². The predicted octanol–water partition coefficient (Wildman–Crippen LogP) is 4.35. The fourth-order valence-electron chi connectivity index (χ4n) is 2.17. The van der Waals surface area contributed by atoms with Gasteiger partial charge in [-0.3, -0.25) is 10.1 Å². The first-order valence-corrected chi connectivity index (χ1v) is 8.45. The molecule has 0 saturated carbocycles. The summed E-state index contributed by atoms with van der Waals surface area (Å²) in [6, 6.07) is 6.25. The first kappa shape index (κ1) is 17.4. The summed E-state index contributed by atoms with van der Waals surface area (Å²) in [4.78, 5) is 16.6. The molecule has 5 heteroatoms. The second kappa shape index (κ2) is 8.04. The van der Waals surface area contributed by atoms with Crippen molar-refractivity contribution in [3.05, 3.63) is 47.4 Å². The molecule has 23 heavy (non-hydrogen) atoms. The summed E-state index contributed by atoms with van der Waals surface area (Å²) in [7, 11) is 0. The molecule has 1 aromatic carbocycles. The highest BCUT2D eigenvalue weighted by Gasteiger charge is 2.15. The maximum atomic E-state index is 12.1. The average molecular weight is 330 g/mol. The second-order valence-electron chi connectivity index (χ2n) is 5.44. The van der Waals surface area contributed by atoms with Crippen LogP contribution in [0.1, 0.15) is 24.5 Å². The molecule has 0 unspecified atom stereocenters. The molecule has 0 fully saturated rings. The van der Waals surface area contributed by atoms with Crippen LogP contribution in [0.2, 0.25) is 0 Å². The second-order valence-corrected chi connectivity index (χ2v) is 6.29. The van der Waals surface area contributed by atoms with Crippen molar-refractivity contribution in [2.45, 2.75) is 33.3 Å². The van der Waals surface area contributed by atoms with Crippen LogP contribution >= 0.6 is 11.3 Å². The summed E-state index contributed by atoms with van der Waals surface area (Å²) in [5.74, 6) is -0.185. The van der Waals surface area contributed by atoms with Gasteiger partial charge in [0.15, 0.2) is 5.13 Å². The van der Waals surface area contributed by atoms with E-state index in [-0.39, 0.29) is 5.91 Å². The molecule has 0 radical (unpaired) electrons. The number of thiazole rings is 1. The van der Waals surface area contributed by atoms with Gasteiger partial charge in [0.05, 0.1) is 12.3 Å². The molecule has 1 atom stereocenters. The molecule has 2 rings (SSSR count). The van der Waals surface area contributed by atoms with Gasteiger partial charge in [0, 0.05) is 10.9 Å². The minimum Gasteiger partial charge on any atom is -0.368 e. The van der Waals surface area contributed by atoms with E-state index < -0.39 is 6.10 Å². The number of hydrogen-bond acceptors (Lipinski definition) is 4. The normalized spacial score (nSPS) is 12.0. The van der Waals surface area contributed by atoms with Crippen molar-refractivity contribution >= 4 is 22.4 Å². The largest absolute Gasteiger partial charge is 0.368 e. The Labute approximate surface area is 141 Å². The summed E-state index contributed by atoms with van der Waals surface area (Å²) < 4.78 is 5.43. The molecule has 0 aliphatic carbocycles. The monoisotopic (exact) mass is 330 g/mol. The Kier molecular flexibility index (Phi) is 6.07. The van der Waals surface area contributed by atoms with E-state index in [2.05, 4.69) is 48.9 Å². The summed E-state index contributed by atoms with van der Waals surface area (Å²) in [5, 5.41) is 5.35. The van der Waals surface area contributed by atoms with Gasteiger partial charge in [-0.2, -0.15) is 0 Å². The zero-order chi connectivity index (χ0) is 16.8. The summed E-state index contributed by atoms with van der Waals surface area (Å²) >= 11 is 1.42. The van der Waals surface area contributed by atoms with Crippen LogP contribution < -0.4 is 5.32 Å². The van der Waals surface area contributed by atoms with E-state index in [0.29, 0.717) is 11.7 Å². The van der Waals surface area contributed by atoms with E-state index in [4.69, 9.17) is 4.74 Å². The maximum absolute atomic E-state index is 12.1. The number of nitrogens with zero attached hydrogens (tertiary/aromatic N) is 1. The van der Waals surface area contributed by atoms with Crippen molar-refractivity contribution < 1.29 is 9.53 Å². The fourth-order valence-corrected chi connectivity index (χ4v) is 2.88. The number of carbonyl (C=O) groups is 1. The lowest BCUT2D eigenvalue weighted by molar-refractivity contribution is -0.126. The molecule has 2 aromatic rings. The first-order chi connectivity index (χ1) is 11.0. The number of amides is 1. The Morgan fingerprint density at radius 2 is 2.26 bits per heavy atom. The fraction of sp³-hybridized carbons (Fsp3) is 0.333. The SMILES string of the molecule is C=CCCO[C@H](C)C(=O)Nc1nc(-c2ccc(C)cc2C)cs1. The molecular formula is C18H22N2O2S. The lowest BCUT2D eigenvalue weighted by Gasteiger charge is -2.11. The van der Waals surface area contributed by atoms with Crippen molar-refractivity contribution in [2.75, 3.05) is 11.9 Å². The number of aromatic nitrogens is 1. The Balaban J connectivity index is 2.02. The molecular weight excluding hydrogens is 308 g/mol. The zero-order valence-corrected chi connectivity index (χ0v) is 14.6. The van der Waals surface area contributed by atoms with Gasteiger partial charge in [-0.25, -0.2) is 4.98 Å². The third-order valence-corrected chi connectivity index (χ3v) is 4.21. The molecule has 1 N–H and O–H groups in total. The van der Waals surface area contributed by atoms with Crippen LogP contribution in [0, 0.1) is 13.8 Å². The summed E-state index contributed by atoms with van der Waals surface area (Å²) in [6.45, 7) is 9.98. The predicted molar refractivity (Wildman–Crippen MR) is 95.9 cm³/mol. The molecule has 1 aromatic heterocycles. The molecule has 0 spiro atoms. The Hall–Kier alpha value is -1.98. The van der Waals surface area contributed by atoms with Crippen LogP contribution in [-0.2, 0) is 9.53 Å². The Morgan fingerprint density at radius 1 is 1.48 bits per heavy atom. The summed E-state index contributed by atoms with van der Waals surface area (Å²) in [5.41, 5.74) is 4.36. The summed E-state index contributed by atoms with van der Waals surface area (Å²) in [6.07, 6.45) is 1.98. The van der Waals surface area contributed by atoms with Crippen molar-refractivity contribution in [1.29, 1.82) is 0 Å². The number of carbonyl (C=O) groups excluding carboxylic acids is 1. The van der Waals surface area contributed by atoms with Gasteiger partial charge in [-0.15, -0.1) is 17.9 Å².